The zero-order valence-corrected chi connectivity index (χ0v) is 17.6. The highest BCUT2D eigenvalue weighted by atomic mass is 16.2. The van der Waals surface area contributed by atoms with Crippen LogP contribution in [0.2, 0.25) is 0 Å². The van der Waals surface area contributed by atoms with Gasteiger partial charge in [0, 0.05) is 25.7 Å². The van der Waals surface area contributed by atoms with Gasteiger partial charge in [0.1, 0.15) is 11.0 Å². The fourth-order valence-corrected chi connectivity index (χ4v) is 3.79. The molecule has 8 heteroatoms. The average molecular weight is 409 g/mol. The molecule has 1 N–H and O–H groups in total. The van der Waals surface area contributed by atoms with Crippen LogP contribution in [0.15, 0.2) is 50.8 Å². The summed E-state index contributed by atoms with van der Waals surface area (Å²) in [4.78, 5) is 41.6. The second-order valence-electron chi connectivity index (χ2n) is 8.10. The zero-order valence-electron chi connectivity index (χ0n) is 17.6. The van der Waals surface area contributed by atoms with Crippen LogP contribution in [0.3, 0.4) is 0 Å². The Balaban J connectivity index is 2.00. The molecule has 1 aliphatic carbocycles. The molecule has 0 saturated heterocycles. The number of fused-ring (bicyclic) bond motifs is 1. The van der Waals surface area contributed by atoms with Crippen molar-refractivity contribution in [2.24, 2.45) is 7.05 Å². The van der Waals surface area contributed by atoms with Gasteiger partial charge in [0.2, 0.25) is 0 Å². The van der Waals surface area contributed by atoms with Crippen molar-refractivity contribution in [2.75, 3.05) is 32.5 Å². The van der Waals surface area contributed by atoms with E-state index in [0.717, 1.165) is 25.8 Å². The molecule has 0 unspecified atom stereocenters. The zero-order chi connectivity index (χ0) is 21.4. The van der Waals surface area contributed by atoms with Gasteiger partial charge < -0.3 is 10.2 Å². The van der Waals surface area contributed by atoms with Crippen LogP contribution < -0.4 is 22.1 Å². The van der Waals surface area contributed by atoms with Crippen LogP contribution in [0.5, 0.6) is 0 Å². The maximum absolute atomic E-state index is 13.4. The van der Waals surface area contributed by atoms with Gasteiger partial charge in [0.15, 0.2) is 0 Å². The fourth-order valence-electron chi connectivity index (χ4n) is 3.79. The number of hydrogen-bond donors (Lipinski definition) is 1. The van der Waals surface area contributed by atoms with E-state index in [9.17, 15) is 14.4 Å². The molecule has 1 saturated carbocycles. The molecule has 30 heavy (non-hydrogen) atoms. The Morgan fingerprint density at radius 1 is 1.10 bits per heavy atom. The third-order valence-corrected chi connectivity index (χ3v) is 5.47. The molecule has 0 bridgehead atoms. The van der Waals surface area contributed by atoms with Crippen molar-refractivity contribution in [3.05, 3.63) is 67.6 Å². The molecule has 2 heterocycles. The Morgan fingerprint density at radius 2 is 1.80 bits per heavy atom. The van der Waals surface area contributed by atoms with Crippen LogP contribution in [-0.4, -0.2) is 45.8 Å². The van der Waals surface area contributed by atoms with E-state index in [0.29, 0.717) is 29.0 Å². The maximum Gasteiger partial charge on any atom is 0.337 e. The smallest absolute Gasteiger partial charge is 0.337 e. The minimum atomic E-state index is -0.402. The quantitative estimate of drug-likeness (QED) is 0.599. The minimum Gasteiger partial charge on any atom is -0.384 e. The van der Waals surface area contributed by atoms with Gasteiger partial charge >= 0.3 is 5.69 Å². The lowest BCUT2D eigenvalue weighted by Crippen LogP contribution is -2.41. The fraction of sp³-hybridized carbons (Fsp3) is 0.409. The summed E-state index contributed by atoms with van der Waals surface area (Å²) in [6.45, 7) is 1.50. The van der Waals surface area contributed by atoms with Crippen LogP contribution in [0.1, 0.15) is 25.3 Å². The van der Waals surface area contributed by atoms with Crippen molar-refractivity contribution in [1.82, 2.24) is 18.6 Å². The topological polar surface area (TPSA) is 81.3 Å². The van der Waals surface area contributed by atoms with Crippen LogP contribution in [0.25, 0.3) is 16.7 Å². The molecule has 8 nitrogen and oxygen atoms in total. The Morgan fingerprint density at radius 3 is 2.43 bits per heavy atom. The third kappa shape index (κ3) is 3.59. The number of hydrogen-bond acceptors (Lipinski definition) is 5. The molecule has 1 fully saturated rings. The molecule has 0 radical (unpaired) electrons. The van der Waals surface area contributed by atoms with E-state index < -0.39 is 5.69 Å². The van der Waals surface area contributed by atoms with Crippen molar-refractivity contribution < 1.29 is 0 Å². The molecule has 0 spiro atoms. The molecule has 0 atom stereocenters. The SMILES string of the molecule is CN(C)CCCNc1cc(=O)n(C)c2c1c(=O)n(C1CC1)c(=O)n2-c1ccccc1. The molecule has 0 amide bonds. The lowest BCUT2D eigenvalue weighted by atomic mass is 10.2. The average Bonchev–Trinajstić information content (AvgIpc) is 3.54. The number of anilines is 1. The maximum atomic E-state index is 13.4. The van der Waals surface area contributed by atoms with Crippen LogP contribution in [0, 0.1) is 0 Å². The number of pyridine rings is 1. The monoisotopic (exact) mass is 409 g/mol. The Hall–Kier alpha value is -3.13. The van der Waals surface area contributed by atoms with Crippen molar-refractivity contribution in [3.8, 4) is 5.69 Å². The van der Waals surface area contributed by atoms with E-state index in [1.54, 1.807) is 7.05 Å². The highest BCUT2D eigenvalue weighted by molar-refractivity contribution is 5.89. The van der Waals surface area contributed by atoms with E-state index in [-0.39, 0.29) is 17.2 Å². The van der Waals surface area contributed by atoms with E-state index in [2.05, 4.69) is 10.2 Å². The van der Waals surface area contributed by atoms with Crippen LogP contribution >= 0.6 is 0 Å². The lowest BCUT2D eigenvalue weighted by molar-refractivity contribution is 0.405. The summed E-state index contributed by atoms with van der Waals surface area (Å²) >= 11 is 0. The van der Waals surface area contributed by atoms with Crippen molar-refractivity contribution in [1.29, 1.82) is 0 Å². The first-order valence-corrected chi connectivity index (χ1v) is 10.3. The second kappa shape index (κ2) is 7.95. The molecule has 2 aromatic heterocycles. The summed E-state index contributed by atoms with van der Waals surface area (Å²) in [6.07, 6.45) is 2.48. The van der Waals surface area contributed by atoms with Crippen molar-refractivity contribution >= 4 is 16.7 Å². The molecule has 0 aliphatic heterocycles. The first kappa shape index (κ1) is 20.2. The first-order valence-electron chi connectivity index (χ1n) is 10.3. The Bertz CT molecular complexity index is 1250. The molecular weight excluding hydrogens is 382 g/mol. The van der Waals surface area contributed by atoms with Gasteiger partial charge in [-0.3, -0.25) is 18.7 Å². The van der Waals surface area contributed by atoms with E-state index in [1.807, 2.05) is 44.4 Å². The lowest BCUT2D eigenvalue weighted by Gasteiger charge is -2.19. The van der Waals surface area contributed by atoms with Gasteiger partial charge in [-0.15, -0.1) is 0 Å². The second-order valence-corrected chi connectivity index (χ2v) is 8.10. The van der Waals surface area contributed by atoms with Gasteiger partial charge in [-0.05, 0) is 52.0 Å². The van der Waals surface area contributed by atoms with E-state index >= 15 is 0 Å². The normalized spacial score (nSPS) is 13.9. The van der Waals surface area contributed by atoms with E-state index in [4.69, 9.17) is 0 Å². The largest absolute Gasteiger partial charge is 0.384 e. The highest BCUT2D eigenvalue weighted by Crippen LogP contribution is 2.33. The number of para-hydroxylation sites is 1. The van der Waals surface area contributed by atoms with E-state index in [1.165, 1.54) is 19.8 Å². The predicted molar refractivity (Wildman–Crippen MR) is 119 cm³/mol. The summed E-state index contributed by atoms with van der Waals surface area (Å²) in [5.41, 5.74) is 0.412. The van der Waals surface area contributed by atoms with Gasteiger partial charge in [0.25, 0.3) is 11.1 Å². The summed E-state index contributed by atoms with van der Waals surface area (Å²) in [5, 5.41) is 3.64. The van der Waals surface area contributed by atoms with Crippen LogP contribution in [0.4, 0.5) is 5.69 Å². The third-order valence-electron chi connectivity index (χ3n) is 5.47. The van der Waals surface area contributed by atoms with Crippen molar-refractivity contribution in [3.63, 3.8) is 0 Å². The Kier molecular flexibility index (Phi) is 5.34. The summed E-state index contributed by atoms with van der Waals surface area (Å²) in [7, 11) is 5.60. The number of aryl methyl sites for hydroxylation is 1. The summed E-state index contributed by atoms with van der Waals surface area (Å²) in [5.74, 6) is 0. The number of rotatable bonds is 7. The summed E-state index contributed by atoms with van der Waals surface area (Å²) in [6, 6.07) is 10.5. The standard InChI is InChI=1S/C22H27N5O3/c1-24(2)13-7-12-23-17-14-18(28)25(3)20-19(17)21(29)27(16-10-11-16)22(30)26(20)15-8-5-4-6-9-15/h4-6,8-9,14,16,23H,7,10-13H2,1-3H3. The molecular formula is C22H27N5O3. The van der Waals surface area contributed by atoms with Crippen molar-refractivity contribution in [2.45, 2.75) is 25.3 Å². The Labute approximate surface area is 174 Å². The van der Waals surface area contributed by atoms with Gasteiger partial charge in [-0.25, -0.2) is 9.36 Å². The number of benzene rings is 1. The first-order chi connectivity index (χ1) is 14.4. The molecule has 4 rings (SSSR count). The van der Waals surface area contributed by atoms with Crippen LogP contribution in [-0.2, 0) is 7.05 Å². The molecule has 158 valence electrons. The molecule has 1 aliphatic rings. The molecule has 3 aromatic rings. The highest BCUT2D eigenvalue weighted by Gasteiger charge is 2.30. The predicted octanol–water partition coefficient (Wildman–Crippen LogP) is 1.55. The minimum absolute atomic E-state index is 0.0804. The van der Waals surface area contributed by atoms with Gasteiger partial charge in [-0.2, -0.15) is 0 Å². The van der Waals surface area contributed by atoms with Gasteiger partial charge in [-0.1, -0.05) is 18.2 Å². The molecule has 1 aromatic carbocycles. The summed E-state index contributed by atoms with van der Waals surface area (Å²) < 4.78 is 4.22. The number of aromatic nitrogens is 3. The number of nitrogens with one attached hydrogen (secondary N) is 1. The number of nitrogens with zero attached hydrogens (tertiary/aromatic N) is 4. The van der Waals surface area contributed by atoms with Gasteiger partial charge in [0.05, 0.1) is 11.4 Å².